The van der Waals surface area contributed by atoms with Crippen molar-refractivity contribution in [3.63, 3.8) is 0 Å². The summed E-state index contributed by atoms with van der Waals surface area (Å²) in [5.41, 5.74) is 5.81. The van der Waals surface area contributed by atoms with Crippen molar-refractivity contribution in [1.29, 1.82) is 0 Å². The number of benzene rings is 2. The molecule has 4 heterocycles. The molecular weight excluding hydrogens is 512 g/mol. The number of aromatic nitrogens is 2. The van der Waals surface area contributed by atoms with Gasteiger partial charge in [0.05, 0.1) is 6.20 Å². The van der Waals surface area contributed by atoms with E-state index in [0.717, 1.165) is 47.8 Å². The van der Waals surface area contributed by atoms with E-state index >= 15 is 0 Å². The highest BCUT2D eigenvalue weighted by Gasteiger charge is 2.17. The van der Waals surface area contributed by atoms with Crippen molar-refractivity contribution in [1.82, 2.24) is 14.9 Å². The van der Waals surface area contributed by atoms with E-state index in [9.17, 15) is 4.79 Å². The molecule has 0 spiro atoms. The predicted octanol–water partition coefficient (Wildman–Crippen LogP) is 6.45. The summed E-state index contributed by atoms with van der Waals surface area (Å²) in [6.45, 7) is 8.18. The van der Waals surface area contributed by atoms with Crippen LogP contribution >= 0.6 is 0 Å². The zero-order valence-corrected chi connectivity index (χ0v) is 24.0. The van der Waals surface area contributed by atoms with Gasteiger partial charge in [0.25, 0.3) is 5.56 Å². The summed E-state index contributed by atoms with van der Waals surface area (Å²) in [7, 11) is 0. The third kappa shape index (κ3) is 6.73. The minimum atomic E-state index is -0.0963. The molecular formula is C34H40N4O3. The molecule has 0 atom stereocenters. The molecule has 2 aliphatic rings. The van der Waals surface area contributed by atoms with Gasteiger partial charge in [-0.15, -0.1) is 0 Å². The normalized spacial score (nSPS) is 16.2. The van der Waals surface area contributed by atoms with Crippen LogP contribution in [-0.2, 0) is 6.42 Å². The van der Waals surface area contributed by atoms with Gasteiger partial charge in [0.1, 0.15) is 12.4 Å². The molecule has 0 aliphatic carbocycles. The number of H-pyrrole nitrogens is 1. The SMILES string of the molecule is Cc1ccc(OCCN2CCCCC2)cc1Cc1ncc(-c2cc(-c3ccc[nH]c3=O)cc(N3CCCCC3)c2)o1. The van der Waals surface area contributed by atoms with Gasteiger partial charge in [-0.2, -0.15) is 0 Å². The van der Waals surface area contributed by atoms with Crippen molar-refractivity contribution in [3.8, 4) is 28.2 Å². The summed E-state index contributed by atoms with van der Waals surface area (Å²) in [6, 6.07) is 16.3. The van der Waals surface area contributed by atoms with E-state index in [-0.39, 0.29) is 5.56 Å². The lowest BCUT2D eigenvalue weighted by molar-refractivity contribution is 0.183. The first-order chi connectivity index (χ1) is 20.1. The molecule has 0 radical (unpaired) electrons. The summed E-state index contributed by atoms with van der Waals surface area (Å²) in [6.07, 6.45) is 11.6. The molecule has 0 bridgehead atoms. The molecule has 1 N–H and O–H groups in total. The fourth-order valence-corrected chi connectivity index (χ4v) is 5.98. The molecule has 0 amide bonds. The van der Waals surface area contributed by atoms with Crippen LogP contribution in [0.3, 0.4) is 0 Å². The number of aryl methyl sites for hydroxylation is 1. The zero-order valence-electron chi connectivity index (χ0n) is 24.0. The Bertz CT molecular complexity index is 1510. The molecule has 4 aromatic rings. The number of anilines is 1. The third-order valence-electron chi connectivity index (χ3n) is 8.39. The Balaban J connectivity index is 1.21. The molecule has 2 aromatic carbocycles. The van der Waals surface area contributed by atoms with Crippen molar-refractivity contribution < 1.29 is 9.15 Å². The van der Waals surface area contributed by atoms with Crippen LogP contribution in [0.15, 0.2) is 70.1 Å². The molecule has 2 aromatic heterocycles. The first-order valence-corrected chi connectivity index (χ1v) is 15.1. The fourth-order valence-electron chi connectivity index (χ4n) is 5.98. The van der Waals surface area contributed by atoms with E-state index in [0.29, 0.717) is 30.2 Å². The second kappa shape index (κ2) is 12.8. The van der Waals surface area contributed by atoms with Gasteiger partial charge in [-0.1, -0.05) is 12.5 Å². The highest BCUT2D eigenvalue weighted by atomic mass is 16.5. The number of hydrogen-bond acceptors (Lipinski definition) is 6. The van der Waals surface area contributed by atoms with E-state index < -0.39 is 0 Å². The van der Waals surface area contributed by atoms with Crippen molar-refractivity contribution in [2.45, 2.75) is 51.9 Å². The maximum atomic E-state index is 12.7. The summed E-state index contributed by atoms with van der Waals surface area (Å²) >= 11 is 0. The molecule has 2 aliphatic heterocycles. The number of nitrogens with one attached hydrogen (secondary N) is 1. The number of hydrogen-bond donors (Lipinski definition) is 1. The number of oxazole rings is 1. The Labute approximate surface area is 242 Å². The summed E-state index contributed by atoms with van der Waals surface area (Å²) in [5.74, 6) is 2.26. The number of piperidine rings is 2. The molecule has 0 unspecified atom stereocenters. The lowest BCUT2D eigenvalue weighted by Gasteiger charge is -2.29. The average Bonchev–Trinajstić information content (AvgIpc) is 3.48. The second-order valence-corrected chi connectivity index (χ2v) is 11.4. The monoisotopic (exact) mass is 552 g/mol. The maximum absolute atomic E-state index is 12.7. The van der Waals surface area contributed by atoms with Crippen LogP contribution in [-0.4, -0.2) is 54.2 Å². The van der Waals surface area contributed by atoms with Crippen molar-refractivity contribution in [2.24, 2.45) is 0 Å². The summed E-state index contributed by atoms with van der Waals surface area (Å²) in [5, 5.41) is 0. The predicted molar refractivity (Wildman–Crippen MR) is 164 cm³/mol. The Hall–Kier alpha value is -3.84. The fraction of sp³-hybridized carbons (Fsp3) is 0.412. The third-order valence-corrected chi connectivity index (χ3v) is 8.39. The van der Waals surface area contributed by atoms with Gasteiger partial charge in [-0.3, -0.25) is 9.69 Å². The minimum Gasteiger partial charge on any atom is -0.492 e. The molecule has 7 heteroatoms. The maximum Gasteiger partial charge on any atom is 0.255 e. The van der Waals surface area contributed by atoms with Crippen LogP contribution in [0.25, 0.3) is 22.5 Å². The van der Waals surface area contributed by atoms with Crippen molar-refractivity contribution in [2.75, 3.05) is 44.2 Å². The lowest BCUT2D eigenvalue weighted by atomic mass is 10.0. The quantitative estimate of drug-likeness (QED) is 0.257. The van der Waals surface area contributed by atoms with Crippen molar-refractivity contribution >= 4 is 5.69 Å². The van der Waals surface area contributed by atoms with Crippen LogP contribution in [0.1, 0.15) is 55.5 Å². The largest absolute Gasteiger partial charge is 0.492 e. The highest BCUT2D eigenvalue weighted by molar-refractivity contribution is 5.76. The smallest absolute Gasteiger partial charge is 0.255 e. The van der Waals surface area contributed by atoms with E-state index in [1.54, 1.807) is 12.4 Å². The van der Waals surface area contributed by atoms with Crippen LogP contribution in [0.5, 0.6) is 5.75 Å². The van der Waals surface area contributed by atoms with Crippen LogP contribution in [0.2, 0.25) is 0 Å². The van der Waals surface area contributed by atoms with E-state index in [1.165, 1.54) is 57.2 Å². The standard InChI is InChI=1S/C34H40N4O3/c1-25-10-11-30(40-18-17-37-13-4-2-5-14-37)22-26(25)23-33-36-24-32(41-33)28-19-27(31-9-8-12-35-34(31)39)20-29(21-28)38-15-6-3-7-16-38/h8-12,19-22,24H,2-7,13-18,23H2,1H3,(H,35,39). The van der Waals surface area contributed by atoms with E-state index in [1.807, 2.05) is 18.2 Å². The number of likely N-dealkylation sites (tertiary alicyclic amines) is 1. The molecule has 214 valence electrons. The molecule has 7 nitrogen and oxygen atoms in total. The molecule has 2 saturated heterocycles. The number of pyridine rings is 1. The zero-order chi connectivity index (χ0) is 28.0. The van der Waals surface area contributed by atoms with Crippen LogP contribution in [0.4, 0.5) is 5.69 Å². The van der Waals surface area contributed by atoms with Gasteiger partial charge in [0.15, 0.2) is 11.7 Å². The number of nitrogens with zero attached hydrogens (tertiary/aromatic N) is 3. The summed E-state index contributed by atoms with van der Waals surface area (Å²) < 4.78 is 12.5. The molecule has 6 rings (SSSR count). The van der Waals surface area contributed by atoms with Gasteiger partial charge < -0.3 is 19.0 Å². The Morgan fingerprint density at radius 1 is 0.927 bits per heavy atom. The molecule has 2 fully saturated rings. The van der Waals surface area contributed by atoms with Crippen molar-refractivity contribution in [3.05, 3.63) is 88.3 Å². The topological polar surface area (TPSA) is 74.6 Å². The van der Waals surface area contributed by atoms with E-state index in [2.05, 4.69) is 57.0 Å². The Kier molecular flexibility index (Phi) is 8.52. The highest BCUT2D eigenvalue weighted by Crippen LogP contribution is 2.33. The first-order valence-electron chi connectivity index (χ1n) is 15.1. The number of rotatable bonds is 9. The first kappa shape index (κ1) is 27.3. The molecule has 0 saturated carbocycles. The Morgan fingerprint density at radius 3 is 2.51 bits per heavy atom. The van der Waals surface area contributed by atoms with Gasteiger partial charge in [-0.25, -0.2) is 4.98 Å². The van der Waals surface area contributed by atoms with Gasteiger partial charge in [0, 0.05) is 49.1 Å². The molecule has 41 heavy (non-hydrogen) atoms. The van der Waals surface area contributed by atoms with Gasteiger partial charge in [-0.05, 0) is 111 Å². The lowest BCUT2D eigenvalue weighted by Crippen LogP contribution is -2.33. The van der Waals surface area contributed by atoms with Crippen LogP contribution in [0, 0.1) is 6.92 Å². The number of ether oxygens (including phenoxy) is 1. The minimum absolute atomic E-state index is 0.0963. The second-order valence-electron chi connectivity index (χ2n) is 11.4. The van der Waals surface area contributed by atoms with Crippen LogP contribution < -0.4 is 15.2 Å². The number of aromatic amines is 1. The average molecular weight is 553 g/mol. The summed E-state index contributed by atoms with van der Waals surface area (Å²) in [4.78, 5) is 25.0. The van der Waals surface area contributed by atoms with E-state index in [4.69, 9.17) is 9.15 Å². The van der Waals surface area contributed by atoms with Gasteiger partial charge >= 0.3 is 0 Å². The van der Waals surface area contributed by atoms with Gasteiger partial charge in [0.2, 0.25) is 0 Å². The Morgan fingerprint density at radius 2 is 1.71 bits per heavy atom.